The molecule has 25 heavy (non-hydrogen) atoms. The van der Waals surface area contributed by atoms with Gasteiger partial charge in [0.2, 0.25) is 5.89 Å². The quantitative estimate of drug-likeness (QED) is 0.831. The Bertz CT molecular complexity index is 825. The molecule has 0 saturated carbocycles. The number of aromatic nitrogens is 2. The van der Waals surface area contributed by atoms with Crippen LogP contribution in [0.2, 0.25) is 0 Å². The van der Waals surface area contributed by atoms with Crippen molar-refractivity contribution in [2.24, 2.45) is 0 Å². The Balaban J connectivity index is 1.75. The first-order chi connectivity index (χ1) is 11.9. The number of halogens is 3. The summed E-state index contributed by atoms with van der Waals surface area (Å²) in [4.78, 5) is 14.1. The summed E-state index contributed by atoms with van der Waals surface area (Å²) in [6.45, 7) is 0.668. The summed E-state index contributed by atoms with van der Waals surface area (Å²) in [7, 11) is 0. The first kappa shape index (κ1) is 17.0. The summed E-state index contributed by atoms with van der Waals surface area (Å²) < 4.78 is 42.5. The lowest BCUT2D eigenvalue weighted by Crippen LogP contribution is -2.39. The summed E-state index contributed by atoms with van der Waals surface area (Å²) in [5, 5.41) is 15.4. The fourth-order valence-corrected chi connectivity index (χ4v) is 2.78. The maximum absolute atomic E-state index is 12.6. The van der Waals surface area contributed by atoms with Crippen LogP contribution in [0.4, 0.5) is 13.2 Å². The van der Waals surface area contributed by atoms with E-state index in [0.717, 1.165) is 0 Å². The van der Waals surface area contributed by atoms with Crippen LogP contribution < -0.4 is 0 Å². The van der Waals surface area contributed by atoms with E-state index < -0.39 is 18.0 Å². The number of amides is 1. The van der Waals surface area contributed by atoms with E-state index in [2.05, 4.69) is 10.2 Å². The highest BCUT2D eigenvalue weighted by Crippen LogP contribution is 2.32. The number of piperidine rings is 1. The molecule has 1 atom stereocenters. The van der Waals surface area contributed by atoms with E-state index >= 15 is 0 Å². The average molecular weight is 350 g/mol. The average Bonchev–Trinajstić information content (AvgIpc) is 3.12. The Morgan fingerprint density at radius 2 is 2.16 bits per heavy atom. The Morgan fingerprint density at radius 3 is 2.84 bits per heavy atom. The molecule has 1 aliphatic rings. The van der Waals surface area contributed by atoms with Gasteiger partial charge in [0.15, 0.2) is 0 Å². The minimum Gasteiger partial charge on any atom is -0.417 e. The van der Waals surface area contributed by atoms with Gasteiger partial charge in [-0.15, -0.1) is 10.2 Å². The van der Waals surface area contributed by atoms with Crippen molar-refractivity contribution in [3.63, 3.8) is 0 Å². The number of nitriles is 1. The van der Waals surface area contributed by atoms with Gasteiger partial charge in [-0.1, -0.05) is 6.07 Å². The molecule has 2 heterocycles. The minimum atomic E-state index is -4.69. The lowest BCUT2D eigenvalue weighted by Gasteiger charge is -2.31. The third-order valence-electron chi connectivity index (χ3n) is 3.98. The smallest absolute Gasteiger partial charge is 0.417 e. The molecule has 1 aliphatic heterocycles. The SMILES string of the molecule is N#Cc1cccc(C(=O)N2CCCC(c3nnc(C(F)(F)F)o3)C2)c1. The molecular weight excluding hydrogens is 337 g/mol. The first-order valence-electron chi connectivity index (χ1n) is 7.58. The van der Waals surface area contributed by atoms with Gasteiger partial charge >= 0.3 is 12.1 Å². The molecule has 2 aromatic rings. The third-order valence-corrected chi connectivity index (χ3v) is 3.98. The second kappa shape index (κ2) is 6.55. The number of hydrogen-bond donors (Lipinski definition) is 0. The Labute approximate surface area is 140 Å². The van der Waals surface area contributed by atoms with Crippen molar-refractivity contribution in [2.75, 3.05) is 13.1 Å². The molecule has 130 valence electrons. The van der Waals surface area contributed by atoms with E-state index in [0.29, 0.717) is 30.5 Å². The van der Waals surface area contributed by atoms with Crippen LogP contribution in [-0.2, 0) is 6.18 Å². The van der Waals surface area contributed by atoms with Crippen molar-refractivity contribution in [1.82, 2.24) is 15.1 Å². The fraction of sp³-hybridized carbons (Fsp3) is 0.375. The van der Waals surface area contributed by atoms with Crippen molar-refractivity contribution >= 4 is 5.91 Å². The predicted octanol–water partition coefficient (Wildman–Crippen LogP) is 2.98. The molecule has 0 radical (unpaired) electrons. The monoisotopic (exact) mass is 350 g/mol. The largest absolute Gasteiger partial charge is 0.470 e. The Kier molecular flexibility index (Phi) is 4.44. The highest BCUT2D eigenvalue weighted by molar-refractivity contribution is 5.94. The fourth-order valence-electron chi connectivity index (χ4n) is 2.78. The summed E-state index contributed by atoms with van der Waals surface area (Å²) in [5.41, 5.74) is 0.729. The highest BCUT2D eigenvalue weighted by Gasteiger charge is 2.39. The van der Waals surface area contributed by atoms with E-state index in [-0.39, 0.29) is 18.3 Å². The van der Waals surface area contributed by atoms with Crippen molar-refractivity contribution in [2.45, 2.75) is 24.9 Å². The number of nitrogens with zero attached hydrogens (tertiary/aromatic N) is 4. The van der Waals surface area contributed by atoms with Gasteiger partial charge in [0.1, 0.15) is 0 Å². The summed E-state index contributed by atoms with van der Waals surface area (Å²) in [5.74, 6) is -2.22. The molecule has 9 heteroatoms. The topological polar surface area (TPSA) is 83.0 Å². The molecule has 0 bridgehead atoms. The minimum absolute atomic E-state index is 0.115. The molecule has 1 amide bonds. The van der Waals surface area contributed by atoms with Crippen molar-refractivity contribution in [1.29, 1.82) is 5.26 Å². The number of alkyl halides is 3. The van der Waals surface area contributed by atoms with Gasteiger partial charge in [-0.2, -0.15) is 18.4 Å². The lowest BCUT2D eigenvalue weighted by atomic mass is 9.97. The summed E-state index contributed by atoms with van der Waals surface area (Å²) >= 11 is 0. The summed E-state index contributed by atoms with van der Waals surface area (Å²) in [6, 6.07) is 8.25. The third kappa shape index (κ3) is 3.63. The van der Waals surface area contributed by atoms with E-state index in [1.165, 1.54) is 11.0 Å². The molecule has 1 fully saturated rings. The van der Waals surface area contributed by atoms with Crippen LogP contribution in [0.3, 0.4) is 0 Å². The van der Waals surface area contributed by atoms with Crippen molar-refractivity contribution in [3.8, 4) is 6.07 Å². The normalized spacial score (nSPS) is 18.0. The van der Waals surface area contributed by atoms with E-state index in [1.54, 1.807) is 18.2 Å². The van der Waals surface area contributed by atoms with Crippen LogP contribution in [0, 0.1) is 11.3 Å². The highest BCUT2D eigenvalue weighted by atomic mass is 19.4. The number of benzene rings is 1. The van der Waals surface area contributed by atoms with E-state index in [9.17, 15) is 18.0 Å². The number of hydrogen-bond acceptors (Lipinski definition) is 5. The number of carbonyl (C=O) groups is 1. The van der Waals surface area contributed by atoms with Crippen molar-refractivity contribution in [3.05, 3.63) is 47.2 Å². The Hall–Kier alpha value is -2.89. The van der Waals surface area contributed by atoms with Crippen LogP contribution in [-0.4, -0.2) is 34.1 Å². The zero-order chi connectivity index (χ0) is 18.0. The van der Waals surface area contributed by atoms with Gasteiger partial charge in [-0.05, 0) is 31.0 Å². The van der Waals surface area contributed by atoms with E-state index in [4.69, 9.17) is 9.68 Å². The van der Waals surface area contributed by atoms with Gasteiger partial charge in [0.05, 0.1) is 17.6 Å². The second-order valence-corrected chi connectivity index (χ2v) is 5.73. The molecule has 0 N–H and O–H groups in total. The molecular formula is C16H13F3N4O2. The maximum Gasteiger partial charge on any atom is 0.470 e. The molecule has 1 unspecified atom stereocenters. The molecule has 1 saturated heterocycles. The van der Waals surface area contributed by atoms with Gasteiger partial charge in [0.25, 0.3) is 5.91 Å². The molecule has 0 spiro atoms. The summed E-state index contributed by atoms with van der Waals surface area (Å²) in [6.07, 6.45) is -3.52. The zero-order valence-corrected chi connectivity index (χ0v) is 13.0. The molecule has 3 rings (SSSR count). The number of carbonyl (C=O) groups excluding carboxylic acids is 1. The standard InChI is InChI=1S/C16H13F3N4O2/c17-16(18,19)15-22-21-13(25-15)12-5-2-6-23(9-12)14(24)11-4-1-3-10(7-11)8-20/h1,3-4,7,12H,2,5-6,9H2. The van der Waals surface area contributed by atoms with Gasteiger partial charge < -0.3 is 9.32 Å². The van der Waals surface area contributed by atoms with Crippen LogP contribution >= 0.6 is 0 Å². The van der Waals surface area contributed by atoms with E-state index in [1.807, 2.05) is 6.07 Å². The van der Waals surface area contributed by atoms with Crippen LogP contribution in [0.15, 0.2) is 28.7 Å². The van der Waals surface area contributed by atoms with Gasteiger partial charge in [-0.3, -0.25) is 4.79 Å². The zero-order valence-electron chi connectivity index (χ0n) is 13.0. The second-order valence-electron chi connectivity index (χ2n) is 5.73. The van der Waals surface area contributed by atoms with Crippen LogP contribution in [0.1, 0.15) is 46.5 Å². The molecule has 1 aromatic carbocycles. The first-order valence-corrected chi connectivity index (χ1v) is 7.58. The van der Waals surface area contributed by atoms with Gasteiger partial charge in [0, 0.05) is 18.7 Å². The number of rotatable bonds is 2. The van der Waals surface area contributed by atoms with Crippen LogP contribution in [0.5, 0.6) is 0 Å². The lowest BCUT2D eigenvalue weighted by molar-refractivity contribution is -0.157. The molecule has 1 aromatic heterocycles. The number of likely N-dealkylation sites (tertiary alicyclic amines) is 1. The Morgan fingerprint density at radius 1 is 1.36 bits per heavy atom. The van der Waals surface area contributed by atoms with Crippen molar-refractivity contribution < 1.29 is 22.4 Å². The van der Waals surface area contributed by atoms with Gasteiger partial charge in [-0.25, -0.2) is 0 Å². The maximum atomic E-state index is 12.6. The molecule has 6 nitrogen and oxygen atoms in total. The van der Waals surface area contributed by atoms with Crippen LogP contribution in [0.25, 0.3) is 0 Å². The predicted molar refractivity (Wildman–Crippen MR) is 78.3 cm³/mol. The molecule has 0 aliphatic carbocycles.